The Balaban J connectivity index is 1.82. The van der Waals surface area contributed by atoms with Crippen molar-refractivity contribution >= 4 is 5.78 Å². The van der Waals surface area contributed by atoms with Crippen LogP contribution in [-0.4, -0.2) is 50.5 Å². The number of hydrogen-bond donors (Lipinski definition) is 1. The van der Waals surface area contributed by atoms with E-state index in [1.807, 2.05) is 24.3 Å². The summed E-state index contributed by atoms with van der Waals surface area (Å²) in [7, 11) is 1.63. The maximum atomic E-state index is 12.0. The fraction of sp³-hybridized carbons (Fsp3) is 0.500. The van der Waals surface area contributed by atoms with Crippen molar-refractivity contribution < 1.29 is 9.53 Å². The van der Waals surface area contributed by atoms with Gasteiger partial charge in [0.05, 0.1) is 7.11 Å². The van der Waals surface area contributed by atoms with E-state index in [2.05, 4.69) is 10.2 Å². The number of methoxy groups -OCH3 is 1. The van der Waals surface area contributed by atoms with Crippen LogP contribution in [0.3, 0.4) is 0 Å². The number of carbonyl (C=O) groups excluding carboxylic acids is 1. The Morgan fingerprint density at radius 1 is 1.28 bits per heavy atom. The van der Waals surface area contributed by atoms with Crippen LogP contribution in [-0.2, 0) is 0 Å². The molecule has 1 aromatic carbocycles. The fourth-order valence-electron chi connectivity index (χ4n) is 2.12. The zero-order valence-electron chi connectivity index (χ0n) is 10.8. The number of ketones is 1. The van der Waals surface area contributed by atoms with Gasteiger partial charge in [-0.2, -0.15) is 0 Å². The first-order valence-electron chi connectivity index (χ1n) is 6.40. The number of ether oxygens (including phenoxy) is 1. The predicted octanol–water partition coefficient (Wildman–Crippen LogP) is 1.17. The Morgan fingerprint density at radius 2 is 1.94 bits per heavy atom. The van der Waals surface area contributed by atoms with Crippen LogP contribution >= 0.6 is 0 Å². The zero-order chi connectivity index (χ0) is 12.8. The maximum absolute atomic E-state index is 12.0. The van der Waals surface area contributed by atoms with Crippen LogP contribution in [0.5, 0.6) is 5.75 Å². The van der Waals surface area contributed by atoms with Gasteiger partial charge in [0.2, 0.25) is 0 Å². The Morgan fingerprint density at radius 3 is 2.56 bits per heavy atom. The number of nitrogens with zero attached hydrogens (tertiary/aromatic N) is 1. The minimum absolute atomic E-state index is 0.205. The van der Waals surface area contributed by atoms with E-state index in [4.69, 9.17) is 4.74 Å². The highest BCUT2D eigenvalue weighted by atomic mass is 16.5. The highest BCUT2D eigenvalue weighted by molar-refractivity contribution is 5.96. The lowest BCUT2D eigenvalue weighted by atomic mass is 10.1. The first kappa shape index (κ1) is 13.1. The molecule has 0 bridgehead atoms. The molecule has 0 saturated carbocycles. The summed E-state index contributed by atoms with van der Waals surface area (Å²) in [5, 5.41) is 3.31. The molecule has 0 amide bonds. The van der Waals surface area contributed by atoms with Crippen molar-refractivity contribution in [3.63, 3.8) is 0 Å². The standard InChI is InChI=1S/C14H20N2O2/c1-18-13-4-2-12(3-5-13)14(17)6-9-16-10-7-15-8-11-16/h2-5,15H,6-11H2,1H3. The van der Waals surface area contributed by atoms with Gasteiger partial charge in [-0.1, -0.05) is 0 Å². The van der Waals surface area contributed by atoms with Crippen molar-refractivity contribution in [2.45, 2.75) is 6.42 Å². The molecule has 0 spiro atoms. The molecule has 1 saturated heterocycles. The summed E-state index contributed by atoms with van der Waals surface area (Å²) in [4.78, 5) is 14.3. The van der Waals surface area contributed by atoms with Gasteiger partial charge in [0.1, 0.15) is 5.75 Å². The van der Waals surface area contributed by atoms with E-state index in [0.29, 0.717) is 6.42 Å². The van der Waals surface area contributed by atoms with E-state index in [0.717, 1.165) is 44.0 Å². The molecule has 1 heterocycles. The second-order valence-corrected chi connectivity index (χ2v) is 4.49. The Hall–Kier alpha value is -1.39. The van der Waals surface area contributed by atoms with Crippen LogP contribution in [0.15, 0.2) is 24.3 Å². The van der Waals surface area contributed by atoms with Gasteiger partial charge in [0.15, 0.2) is 5.78 Å². The number of benzene rings is 1. The smallest absolute Gasteiger partial charge is 0.164 e. The van der Waals surface area contributed by atoms with Gasteiger partial charge in [-0.05, 0) is 24.3 Å². The number of hydrogen-bond acceptors (Lipinski definition) is 4. The molecule has 0 aromatic heterocycles. The molecule has 1 aliphatic heterocycles. The molecule has 1 N–H and O–H groups in total. The lowest BCUT2D eigenvalue weighted by Crippen LogP contribution is -2.44. The topological polar surface area (TPSA) is 41.6 Å². The van der Waals surface area contributed by atoms with Crippen molar-refractivity contribution in [3.05, 3.63) is 29.8 Å². The minimum atomic E-state index is 0.205. The number of rotatable bonds is 5. The van der Waals surface area contributed by atoms with Gasteiger partial charge in [0, 0.05) is 44.7 Å². The maximum Gasteiger partial charge on any atom is 0.164 e. The molecule has 1 aliphatic rings. The van der Waals surface area contributed by atoms with Crippen molar-refractivity contribution in [1.29, 1.82) is 0 Å². The van der Waals surface area contributed by atoms with Gasteiger partial charge in [-0.3, -0.25) is 4.79 Å². The minimum Gasteiger partial charge on any atom is -0.497 e. The van der Waals surface area contributed by atoms with E-state index in [9.17, 15) is 4.79 Å². The monoisotopic (exact) mass is 248 g/mol. The van der Waals surface area contributed by atoms with E-state index in [1.165, 1.54) is 0 Å². The van der Waals surface area contributed by atoms with Gasteiger partial charge in [-0.25, -0.2) is 0 Å². The van der Waals surface area contributed by atoms with Crippen molar-refractivity contribution in [2.75, 3.05) is 39.8 Å². The molecule has 0 unspecified atom stereocenters. The molecule has 1 aromatic rings. The van der Waals surface area contributed by atoms with E-state index < -0.39 is 0 Å². The quantitative estimate of drug-likeness (QED) is 0.794. The second kappa shape index (κ2) is 6.52. The van der Waals surface area contributed by atoms with E-state index >= 15 is 0 Å². The number of carbonyl (C=O) groups is 1. The Bertz CT molecular complexity index is 383. The molecule has 0 radical (unpaired) electrons. The first-order valence-corrected chi connectivity index (χ1v) is 6.40. The summed E-state index contributed by atoms with van der Waals surface area (Å²) in [6.45, 7) is 4.98. The van der Waals surface area contributed by atoms with Crippen LogP contribution in [0.4, 0.5) is 0 Å². The fourth-order valence-corrected chi connectivity index (χ4v) is 2.12. The molecule has 4 heteroatoms. The van der Waals surface area contributed by atoms with Crippen LogP contribution in [0.2, 0.25) is 0 Å². The van der Waals surface area contributed by atoms with Gasteiger partial charge in [-0.15, -0.1) is 0 Å². The third-order valence-electron chi connectivity index (χ3n) is 3.28. The molecule has 0 aliphatic carbocycles. The Labute approximate surface area is 108 Å². The zero-order valence-corrected chi connectivity index (χ0v) is 10.8. The number of piperazine rings is 1. The van der Waals surface area contributed by atoms with Crippen LogP contribution in [0.25, 0.3) is 0 Å². The van der Waals surface area contributed by atoms with Gasteiger partial charge < -0.3 is 15.0 Å². The Kier molecular flexibility index (Phi) is 4.73. The van der Waals surface area contributed by atoms with Crippen molar-refractivity contribution in [3.8, 4) is 5.75 Å². The summed E-state index contributed by atoms with van der Waals surface area (Å²) in [6.07, 6.45) is 0.590. The lowest BCUT2D eigenvalue weighted by molar-refractivity contribution is 0.0960. The highest BCUT2D eigenvalue weighted by Crippen LogP contribution is 2.13. The largest absolute Gasteiger partial charge is 0.497 e. The molecule has 98 valence electrons. The van der Waals surface area contributed by atoms with Gasteiger partial charge >= 0.3 is 0 Å². The number of Topliss-reactive ketones (excluding diaryl/α,β-unsaturated/α-hetero) is 1. The third-order valence-corrected chi connectivity index (χ3v) is 3.28. The average molecular weight is 248 g/mol. The molecule has 18 heavy (non-hydrogen) atoms. The first-order chi connectivity index (χ1) is 8.79. The summed E-state index contributed by atoms with van der Waals surface area (Å²) in [5.74, 6) is 0.991. The lowest BCUT2D eigenvalue weighted by Gasteiger charge is -2.26. The SMILES string of the molecule is COc1ccc(C(=O)CCN2CCNCC2)cc1. The van der Waals surface area contributed by atoms with Crippen LogP contribution < -0.4 is 10.1 Å². The van der Waals surface area contributed by atoms with E-state index in [1.54, 1.807) is 7.11 Å². The normalized spacial score (nSPS) is 16.5. The molecular weight excluding hydrogens is 228 g/mol. The van der Waals surface area contributed by atoms with Crippen molar-refractivity contribution in [1.82, 2.24) is 10.2 Å². The van der Waals surface area contributed by atoms with Crippen LogP contribution in [0, 0.1) is 0 Å². The van der Waals surface area contributed by atoms with Gasteiger partial charge in [0.25, 0.3) is 0 Å². The summed E-state index contributed by atoms with van der Waals surface area (Å²) in [5.41, 5.74) is 0.769. The third kappa shape index (κ3) is 3.55. The van der Waals surface area contributed by atoms with Crippen molar-refractivity contribution in [2.24, 2.45) is 0 Å². The molecule has 2 rings (SSSR count). The highest BCUT2D eigenvalue weighted by Gasteiger charge is 2.12. The molecule has 1 fully saturated rings. The molecule has 4 nitrogen and oxygen atoms in total. The van der Waals surface area contributed by atoms with Crippen LogP contribution in [0.1, 0.15) is 16.8 Å². The number of nitrogens with one attached hydrogen (secondary N) is 1. The molecule has 0 atom stereocenters. The second-order valence-electron chi connectivity index (χ2n) is 4.49. The predicted molar refractivity (Wildman–Crippen MR) is 71.3 cm³/mol. The van der Waals surface area contributed by atoms with E-state index in [-0.39, 0.29) is 5.78 Å². The summed E-state index contributed by atoms with van der Waals surface area (Å²) in [6, 6.07) is 7.33. The summed E-state index contributed by atoms with van der Waals surface area (Å²) < 4.78 is 5.08. The summed E-state index contributed by atoms with van der Waals surface area (Å²) >= 11 is 0. The molecular formula is C14H20N2O2. The average Bonchev–Trinajstić information content (AvgIpc) is 2.46.